The van der Waals surface area contributed by atoms with Crippen LogP contribution < -0.4 is 10.2 Å². The van der Waals surface area contributed by atoms with Crippen molar-refractivity contribution in [3.63, 3.8) is 0 Å². The Balaban J connectivity index is 1.67. The summed E-state index contributed by atoms with van der Waals surface area (Å²) in [7, 11) is 0. The SMILES string of the molecule is Cc1cc(N2CCOCC2)nc(CNC(=O)c2ccc(F)cc2)n1. The van der Waals surface area contributed by atoms with Crippen molar-refractivity contribution >= 4 is 11.7 Å². The van der Waals surface area contributed by atoms with Crippen LogP contribution in [0.3, 0.4) is 0 Å². The summed E-state index contributed by atoms with van der Waals surface area (Å²) in [5.41, 5.74) is 1.25. The summed E-state index contributed by atoms with van der Waals surface area (Å²) >= 11 is 0. The molecule has 0 atom stereocenters. The third kappa shape index (κ3) is 4.05. The quantitative estimate of drug-likeness (QED) is 0.924. The summed E-state index contributed by atoms with van der Waals surface area (Å²) in [5, 5.41) is 2.76. The number of hydrogen-bond donors (Lipinski definition) is 1. The van der Waals surface area contributed by atoms with Gasteiger partial charge >= 0.3 is 0 Å². The van der Waals surface area contributed by atoms with Gasteiger partial charge in [-0.25, -0.2) is 14.4 Å². The molecule has 3 rings (SSSR count). The van der Waals surface area contributed by atoms with Gasteiger partial charge in [-0.15, -0.1) is 0 Å². The van der Waals surface area contributed by atoms with Crippen LogP contribution in [0.15, 0.2) is 30.3 Å². The number of hydrogen-bond acceptors (Lipinski definition) is 5. The van der Waals surface area contributed by atoms with Crippen LogP contribution in [0, 0.1) is 12.7 Å². The minimum Gasteiger partial charge on any atom is -0.378 e. The maximum absolute atomic E-state index is 12.9. The first-order valence-corrected chi connectivity index (χ1v) is 7.83. The second-order valence-electron chi connectivity index (χ2n) is 5.57. The number of carbonyl (C=O) groups excluding carboxylic acids is 1. The van der Waals surface area contributed by atoms with Crippen LogP contribution in [0.2, 0.25) is 0 Å². The molecule has 0 spiro atoms. The second kappa shape index (κ2) is 7.35. The molecule has 126 valence electrons. The number of halogens is 1. The Labute approximate surface area is 139 Å². The third-order valence-electron chi connectivity index (χ3n) is 3.74. The van der Waals surface area contributed by atoms with E-state index in [4.69, 9.17) is 4.74 Å². The molecule has 0 unspecified atom stereocenters. The van der Waals surface area contributed by atoms with Crippen molar-refractivity contribution < 1.29 is 13.9 Å². The van der Waals surface area contributed by atoms with E-state index in [0.29, 0.717) is 24.6 Å². The van der Waals surface area contributed by atoms with Gasteiger partial charge in [0.15, 0.2) is 0 Å². The highest BCUT2D eigenvalue weighted by Crippen LogP contribution is 2.14. The van der Waals surface area contributed by atoms with Gasteiger partial charge in [-0.1, -0.05) is 0 Å². The number of aryl methyl sites for hydroxylation is 1. The molecule has 1 fully saturated rings. The number of amides is 1. The highest BCUT2D eigenvalue weighted by atomic mass is 19.1. The molecule has 0 saturated carbocycles. The van der Waals surface area contributed by atoms with E-state index in [2.05, 4.69) is 20.2 Å². The number of rotatable bonds is 4. The molecule has 24 heavy (non-hydrogen) atoms. The summed E-state index contributed by atoms with van der Waals surface area (Å²) in [6.07, 6.45) is 0. The lowest BCUT2D eigenvalue weighted by molar-refractivity contribution is 0.0950. The van der Waals surface area contributed by atoms with Crippen molar-refractivity contribution in [2.45, 2.75) is 13.5 Å². The molecule has 1 amide bonds. The maximum Gasteiger partial charge on any atom is 0.251 e. The van der Waals surface area contributed by atoms with Crippen molar-refractivity contribution in [1.82, 2.24) is 15.3 Å². The van der Waals surface area contributed by atoms with Crippen molar-refractivity contribution in [3.05, 3.63) is 53.2 Å². The molecule has 1 saturated heterocycles. The van der Waals surface area contributed by atoms with E-state index >= 15 is 0 Å². The molecular weight excluding hydrogens is 311 g/mol. The topological polar surface area (TPSA) is 67.3 Å². The Bertz CT molecular complexity index is 715. The van der Waals surface area contributed by atoms with E-state index in [-0.39, 0.29) is 18.3 Å². The van der Waals surface area contributed by atoms with Gasteiger partial charge in [0.05, 0.1) is 19.8 Å². The summed E-state index contributed by atoms with van der Waals surface area (Å²) in [6.45, 7) is 5.06. The van der Waals surface area contributed by atoms with Gasteiger partial charge in [0.2, 0.25) is 0 Å². The molecule has 0 aliphatic carbocycles. The van der Waals surface area contributed by atoms with Gasteiger partial charge in [0.1, 0.15) is 17.5 Å². The van der Waals surface area contributed by atoms with Crippen LogP contribution in [0.1, 0.15) is 21.9 Å². The number of nitrogens with zero attached hydrogens (tertiary/aromatic N) is 3. The number of ether oxygens (including phenoxy) is 1. The van der Waals surface area contributed by atoms with Gasteiger partial charge in [-0.05, 0) is 31.2 Å². The summed E-state index contributed by atoms with van der Waals surface area (Å²) < 4.78 is 18.3. The summed E-state index contributed by atoms with van der Waals surface area (Å²) in [4.78, 5) is 23.1. The molecular formula is C17H19FN4O2. The molecule has 2 aromatic rings. The standard InChI is InChI=1S/C17H19FN4O2/c1-12-10-16(22-6-8-24-9-7-22)21-15(20-12)11-19-17(23)13-2-4-14(18)5-3-13/h2-5,10H,6-9,11H2,1H3,(H,19,23). The summed E-state index contributed by atoms with van der Waals surface area (Å²) in [5.74, 6) is 0.737. The molecule has 1 N–H and O–H groups in total. The number of morpholine rings is 1. The molecule has 6 nitrogen and oxygen atoms in total. The number of anilines is 1. The van der Waals surface area contributed by atoms with Crippen LogP contribution in [0.5, 0.6) is 0 Å². The fraction of sp³-hybridized carbons (Fsp3) is 0.353. The van der Waals surface area contributed by atoms with E-state index in [0.717, 1.165) is 24.6 Å². The lowest BCUT2D eigenvalue weighted by Gasteiger charge is -2.28. The van der Waals surface area contributed by atoms with Crippen molar-refractivity contribution in [2.75, 3.05) is 31.2 Å². The molecule has 1 aromatic carbocycles. The van der Waals surface area contributed by atoms with E-state index in [9.17, 15) is 9.18 Å². The average Bonchev–Trinajstić information content (AvgIpc) is 2.60. The van der Waals surface area contributed by atoms with Gasteiger partial charge < -0.3 is 15.0 Å². The minimum atomic E-state index is -0.372. The Morgan fingerprint density at radius 3 is 2.67 bits per heavy atom. The highest BCUT2D eigenvalue weighted by Gasteiger charge is 2.14. The fourth-order valence-electron chi connectivity index (χ4n) is 2.51. The molecule has 0 bridgehead atoms. The smallest absolute Gasteiger partial charge is 0.251 e. The molecule has 7 heteroatoms. The highest BCUT2D eigenvalue weighted by molar-refractivity contribution is 5.94. The summed E-state index contributed by atoms with van der Waals surface area (Å²) in [6, 6.07) is 7.34. The van der Waals surface area contributed by atoms with Crippen LogP contribution in [-0.4, -0.2) is 42.2 Å². The van der Waals surface area contributed by atoms with Crippen molar-refractivity contribution in [2.24, 2.45) is 0 Å². The molecule has 2 heterocycles. The molecule has 1 aromatic heterocycles. The average molecular weight is 330 g/mol. The van der Waals surface area contributed by atoms with Gasteiger partial charge in [-0.3, -0.25) is 4.79 Å². The van der Waals surface area contributed by atoms with E-state index in [1.165, 1.54) is 24.3 Å². The number of nitrogens with one attached hydrogen (secondary N) is 1. The minimum absolute atomic E-state index is 0.217. The molecule has 1 aliphatic heterocycles. The first kappa shape index (κ1) is 16.3. The number of aromatic nitrogens is 2. The Kier molecular flexibility index (Phi) is 5.00. The van der Waals surface area contributed by atoms with Gasteiger partial charge in [-0.2, -0.15) is 0 Å². The van der Waals surface area contributed by atoms with Crippen molar-refractivity contribution in [1.29, 1.82) is 0 Å². The zero-order chi connectivity index (χ0) is 16.9. The number of carbonyl (C=O) groups is 1. The van der Waals surface area contributed by atoms with Crippen LogP contribution in [-0.2, 0) is 11.3 Å². The lowest BCUT2D eigenvalue weighted by atomic mass is 10.2. The first-order valence-electron chi connectivity index (χ1n) is 7.83. The number of benzene rings is 1. The molecule has 0 radical (unpaired) electrons. The van der Waals surface area contributed by atoms with E-state index in [1.54, 1.807) is 0 Å². The van der Waals surface area contributed by atoms with Crippen LogP contribution in [0.25, 0.3) is 0 Å². The maximum atomic E-state index is 12.9. The largest absolute Gasteiger partial charge is 0.378 e. The zero-order valence-electron chi connectivity index (χ0n) is 13.5. The third-order valence-corrected chi connectivity index (χ3v) is 3.74. The monoisotopic (exact) mass is 330 g/mol. The van der Waals surface area contributed by atoms with E-state index in [1.807, 2.05) is 13.0 Å². The lowest BCUT2D eigenvalue weighted by Crippen LogP contribution is -2.37. The second-order valence-corrected chi connectivity index (χ2v) is 5.57. The van der Waals surface area contributed by atoms with Crippen LogP contribution >= 0.6 is 0 Å². The predicted molar refractivity (Wildman–Crippen MR) is 87.4 cm³/mol. The Morgan fingerprint density at radius 2 is 1.96 bits per heavy atom. The van der Waals surface area contributed by atoms with Gasteiger partial charge in [0, 0.05) is 30.4 Å². The molecule has 1 aliphatic rings. The van der Waals surface area contributed by atoms with Gasteiger partial charge in [0.25, 0.3) is 5.91 Å². The van der Waals surface area contributed by atoms with Crippen LogP contribution in [0.4, 0.5) is 10.2 Å². The van der Waals surface area contributed by atoms with Crippen molar-refractivity contribution in [3.8, 4) is 0 Å². The fourth-order valence-corrected chi connectivity index (χ4v) is 2.51. The Hall–Kier alpha value is -2.54. The Morgan fingerprint density at radius 1 is 1.25 bits per heavy atom. The predicted octanol–water partition coefficient (Wildman–Crippen LogP) is 1.69. The van der Waals surface area contributed by atoms with E-state index < -0.39 is 0 Å². The zero-order valence-corrected chi connectivity index (χ0v) is 13.5. The normalized spacial score (nSPS) is 14.5. The first-order chi connectivity index (χ1) is 11.6.